The molecule has 20 heavy (non-hydrogen) atoms. The highest BCUT2D eigenvalue weighted by atomic mass is 79.9. The van der Waals surface area contributed by atoms with Crippen molar-refractivity contribution in [1.29, 1.82) is 0 Å². The lowest BCUT2D eigenvalue weighted by molar-refractivity contribution is -0.153. The van der Waals surface area contributed by atoms with Crippen molar-refractivity contribution in [3.8, 4) is 5.75 Å². The number of aromatic carboxylic acids is 1. The first-order chi connectivity index (χ1) is 9.58. The third-order valence-corrected chi connectivity index (χ3v) is 4.67. The van der Waals surface area contributed by atoms with Gasteiger partial charge in [0.15, 0.2) is 0 Å². The molecule has 2 aliphatic rings. The van der Waals surface area contributed by atoms with E-state index in [0.29, 0.717) is 12.4 Å². The van der Waals surface area contributed by atoms with E-state index in [0.717, 1.165) is 30.2 Å². The zero-order valence-corrected chi connectivity index (χ0v) is 12.7. The van der Waals surface area contributed by atoms with E-state index < -0.39 is 5.97 Å². The van der Waals surface area contributed by atoms with E-state index in [1.807, 2.05) is 0 Å². The summed E-state index contributed by atoms with van der Waals surface area (Å²) in [5.41, 5.74) is 0.204. The number of hydrogen-bond acceptors (Lipinski definition) is 3. The molecule has 1 N–H and O–H groups in total. The van der Waals surface area contributed by atoms with Crippen molar-refractivity contribution in [3.63, 3.8) is 0 Å². The molecule has 1 atom stereocenters. The Morgan fingerprint density at radius 1 is 1.45 bits per heavy atom. The normalized spacial score (nSPS) is 24.1. The molecular formula is C15H17BrO4. The molecule has 1 saturated carbocycles. The number of ether oxygens (including phenoxy) is 2. The Kier molecular flexibility index (Phi) is 3.73. The Bertz CT molecular complexity index is 525. The molecule has 108 valence electrons. The van der Waals surface area contributed by atoms with Gasteiger partial charge < -0.3 is 14.6 Å². The van der Waals surface area contributed by atoms with Gasteiger partial charge in [-0.15, -0.1) is 0 Å². The lowest BCUT2D eigenvalue weighted by Crippen LogP contribution is -2.48. The van der Waals surface area contributed by atoms with E-state index >= 15 is 0 Å². The van der Waals surface area contributed by atoms with Crippen LogP contribution in [0.15, 0.2) is 22.7 Å². The fraction of sp³-hybridized carbons (Fsp3) is 0.533. The van der Waals surface area contributed by atoms with Crippen molar-refractivity contribution in [2.75, 3.05) is 6.61 Å². The third kappa shape index (κ3) is 2.69. The molecule has 0 bridgehead atoms. The molecule has 1 spiro atoms. The van der Waals surface area contributed by atoms with E-state index in [1.54, 1.807) is 18.2 Å². The Morgan fingerprint density at radius 3 is 2.90 bits per heavy atom. The maximum atomic E-state index is 11.3. The van der Waals surface area contributed by atoms with Gasteiger partial charge in [-0.1, -0.05) is 15.9 Å². The van der Waals surface area contributed by atoms with Crippen LogP contribution in [-0.4, -0.2) is 29.4 Å². The second-order valence-electron chi connectivity index (χ2n) is 5.56. The number of rotatable bonds is 3. The predicted molar refractivity (Wildman–Crippen MR) is 77.3 cm³/mol. The minimum Gasteiger partial charge on any atom is -0.489 e. The number of carboxylic acid groups (broad SMARTS) is 1. The van der Waals surface area contributed by atoms with E-state index in [4.69, 9.17) is 9.47 Å². The molecule has 2 fully saturated rings. The summed E-state index contributed by atoms with van der Waals surface area (Å²) in [4.78, 5) is 11.3. The molecule has 1 saturated heterocycles. The minimum absolute atomic E-state index is 0.00165. The molecule has 1 heterocycles. The van der Waals surface area contributed by atoms with Gasteiger partial charge >= 0.3 is 5.97 Å². The van der Waals surface area contributed by atoms with Gasteiger partial charge in [0.25, 0.3) is 0 Å². The van der Waals surface area contributed by atoms with Crippen LogP contribution in [0.5, 0.6) is 5.75 Å². The van der Waals surface area contributed by atoms with E-state index in [2.05, 4.69) is 15.9 Å². The first-order valence-electron chi connectivity index (χ1n) is 6.91. The van der Waals surface area contributed by atoms with Gasteiger partial charge in [-0.05, 0) is 37.5 Å². The van der Waals surface area contributed by atoms with Crippen LogP contribution < -0.4 is 4.74 Å². The van der Waals surface area contributed by atoms with E-state index in [-0.39, 0.29) is 17.3 Å². The van der Waals surface area contributed by atoms with Gasteiger partial charge in [0, 0.05) is 17.3 Å². The molecule has 0 radical (unpaired) electrons. The summed E-state index contributed by atoms with van der Waals surface area (Å²) in [5.74, 6) is -0.520. The molecule has 1 aromatic carbocycles. The number of benzene rings is 1. The number of hydrogen-bond donors (Lipinski definition) is 1. The molecule has 0 aromatic heterocycles. The highest BCUT2D eigenvalue weighted by molar-refractivity contribution is 9.10. The molecule has 1 aliphatic carbocycles. The van der Waals surface area contributed by atoms with Crippen LogP contribution in [0.2, 0.25) is 0 Å². The first kappa shape index (κ1) is 13.9. The summed E-state index contributed by atoms with van der Waals surface area (Å²) in [5, 5.41) is 9.25. The Labute approximate surface area is 126 Å². The summed E-state index contributed by atoms with van der Waals surface area (Å²) in [6.45, 7) is 0.698. The summed E-state index contributed by atoms with van der Waals surface area (Å²) >= 11 is 3.29. The van der Waals surface area contributed by atoms with Crippen molar-refractivity contribution < 1.29 is 19.4 Å². The van der Waals surface area contributed by atoms with Gasteiger partial charge in [0.2, 0.25) is 0 Å². The Hall–Kier alpha value is -1.07. The van der Waals surface area contributed by atoms with Crippen molar-refractivity contribution in [1.82, 2.24) is 0 Å². The van der Waals surface area contributed by atoms with Crippen LogP contribution in [0.1, 0.15) is 42.5 Å². The smallest absolute Gasteiger partial charge is 0.339 e. The maximum Gasteiger partial charge on any atom is 0.339 e. The zero-order chi connectivity index (χ0) is 14.2. The molecule has 3 rings (SSSR count). The molecule has 1 aromatic rings. The molecule has 4 nitrogen and oxygen atoms in total. The van der Waals surface area contributed by atoms with Gasteiger partial charge in [-0.25, -0.2) is 4.79 Å². The first-order valence-corrected chi connectivity index (χ1v) is 7.71. The van der Waals surface area contributed by atoms with Gasteiger partial charge in [0.1, 0.15) is 17.4 Å². The summed E-state index contributed by atoms with van der Waals surface area (Å²) in [7, 11) is 0. The minimum atomic E-state index is -0.966. The van der Waals surface area contributed by atoms with Crippen molar-refractivity contribution in [3.05, 3.63) is 28.2 Å². The molecular weight excluding hydrogens is 324 g/mol. The second kappa shape index (κ2) is 5.37. The molecule has 5 heteroatoms. The van der Waals surface area contributed by atoms with Crippen molar-refractivity contribution in [2.45, 2.75) is 43.8 Å². The van der Waals surface area contributed by atoms with Gasteiger partial charge in [-0.3, -0.25) is 0 Å². The topological polar surface area (TPSA) is 55.8 Å². The fourth-order valence-electron chi connectivity index (χ4n) is 2.95. The van der Waals surface area contributed by atoms with Crippen molar-refractivity contribution in [2.24, 2.45) is 0 Å². The summed E-state index contributed by atoms with van der Waals surface area (Å²) in [6, 6.07) is 5.10. The van der Waals surface area contributed by atoms with Crippen LogP contribution in [0.25, 0.3) is 0 Å². The van der Waals surface area contributed by atoms with Gasteiger partial charge in [0.05, 0.1) is 12.2 Å². The second-order valence-corrected chi connectivity index (χ2v) is 6.48. The largest absolute Gasteiger partial charge is 0.489 e. The van der Waals surface area contributed by atoms with Crippen LogP contribution >= 0.6 is 15.9 Å². The number of halogens is 1. The van der Waals surface area contributed by atoms with Crippen LogP contribution in [0, 0.1) is 0 Å². The zero-order valence-electron chi connectivity index (χ0n) is 11.1. The monoisotopic (exact) mass is 340 g/mol. The average molecular weight is 341 g/mol. The lowest BCUT2D eigenvalue weighted by atomic mass is 9.74. The maximum absolute atomic E-state index is 11.3. The number of carboxylic acids is 1. The molecule has 0 amide bonds. The third-order valence-electron chi connectivity index (χ3n) is 4.18. The Morgan fingerprint density at radius 2 is 2.25 bits per heavy atom. The van der Waals surface area contributed by atoms with Crippen molar-refractivity contribution >= 4 is 21.9 Å². The summed E-state index contributed by atoms with van der Waals surface area (Å²) < 4.78 is 12.6. The van der Waals surface area contributed by atoms with E-state index in [9.17, 15) is 9.90 Å². The number of carbonyl (C=O) groups is 1. The standard InChI is InChI=1S/C15H17BrO4/c16-10-2-3-13(12(8-10)14(17)18)20-11-4-7-19-15(9-11)5-1-6-15/h2-3,8,11H,1,4-7,9H2,(H,17,18). The highest BCUT2D eigenvalue weighted by Crippen LogP contribution is 2.43. The molecule has 1 aliphatic heterocycles. The summed E-state index contributed by atoms with van der Waals surface area (Å²) in [6.07, 6.45) is 5.13. The van der Waals surface area contributed by atoms with Crippen LogP contribution in [0.3, 0.4) is 0 Å². The molecule has 1 unspecified atom stereocenters. The Balaban J connectivity index is 1.75. The lowest BCUT2D eigenvalue weighted by Gasteiger charge is -2.46. The highest BCUT2D eigenvalue weighted by Gasteiger charge is 2.43. The average Bonchev–Trinajstić information content (AvgIpc) is 2.39. The van der Waals surface area contributed by atoms with Gasteiger partial charge in [-0.2, -0.15) is 0 Å². The quantitative estimate of drug-likeness (QED) is 0.912. The fourth-order valence-corrected chi connectivity index (χ4v) is 3.32. The van der Waals surface area contributed by atoms with Crippen LogP contribution in [-0.2, 0) is 4.74 Å². The predicted octanol–water partition coefficient (Wildman–Crippen LogP) is 3.63. The van der Waals surface area contributed by atoms with Crippen LogP contribution in [0.4, 0.5) is 0 Å². The SMILES string of the molecule is O=C(O)c1cc(Br)ccc1OC1CCOC2(CCC2)C1. The van der Waals surface area contributed by atoms with E-state index in [1.165, 1.54) is 6.42 Å².